The molecular weight excluding hydrogens is 508 g/mol. The van der Waals surface area contributed by atoms with Gasteiger partial charge in [-0.2, -0.15) is 5.10 Å². The van der Waals surface area contributed by atoms with E-state index in [0.29, 0.717) is 28.9 Å². The number of carbonyl (C=O) groups is 1. The number of amides is 1. The first-order valence-corrected chi connectivity index (χ1v) is 14.9. The van der Waals surface area contributed by atoms with E-state index in [1.807, 2.05) is 47.3 Å². The SMILES string of the molecule is Nc1ccccc1NC(=O)c1ccc(CCCN2CCC(CN[C@@H]3C[C@H]3c3cnn(-c4ccccc4)c3)CC2)cc1. The summed E-state index contributed by atoms with van der Waals surface area (Å²) in [7, 11) is 0. The minimum absolute atomic E-state index is 0.136. The van der Waals surface area contributed by atoms with Gasteiger partial charge in [-0.3, -0.25) is 4.79 Å². The van der Waals surface area contributed by atoms with Crippen LogP contribution in [0.3, 0.4) is 0 Å². The smallest absolute Gasteiger partial charge is 0.255 e. The molecule has 1 saturated carbocycles. The molecule has 0 unspecified atom stereocenters. The Bertz CT molecular complexity index is 1430. The third-order valence-electron chi connectivity index (χ3n) is 8.58. The third kappa shape index (κ3) is 7.04. The molecule has 7 nitrogen and oxygen atoms in total. The molecular formula is C34H40N6O. The molecule has 1 amide bonds. The zero-order chi connectivity index (χ0) is 28.0. The monoisotopic (exact) mass is 548 g/mol. The number of nitrogens with zero attached hydrogens (tertiary/aromatic N) is 3. The Balaban J connectivity index is 0.864. The average molecular weight is 549 g/mol. The van der Waals surface area contributed by atoms with Gasteiger partial charge < -0.3 is 21.3 Å². The Morgan fingerprint density at radius 1 is 0.951 bits per heavy atom. The fourth-order valence-corrected chi connectivity index (χ4v) is 5.91. The van der Waals surface area contributed by atoms with Gasteiger partial charge in [-0.25, -0.2) is 4.68 Å². The second-order valence-electron chi connectivity index (χ2n) is 11.5. The van der Waals surface area contributed by atoms with Crippen LogP contribution in [-0.4, -0.2) is 52.8 Å². The number of hydrogen-bond donors (Lipinski definition) is 3. The number of piperidine rings is 1. The summed E-state index contributed by atoms with van der Waals surface area (Å²) in [6.45, 7) is 4.63. The van der Waals surface area contributed by atoms with Gasteiger partial charge in [0.15, 0.2) is 0 Å². The molecule has 6 rings (SSSR count). The fraction of sp³-hybridized carbons (Fsp3) is 0.353. The molecule has 1 aromatic heterocycles. The molecule has 2 heterocycles. The van der Waals surface area contributed by atoms with Crippen molar-refractivity contribution in [3.8, 4) is 5.69 Å². The number of likely N-dealkylation sites (tertiary alicyclic amines) is 1. The van der Waals surface area contributed by atoms with Gasteiger partial charge in [-0.1, -0.05) is 42.5 Å². The highest BCUT2D eigenvalue weighted by Gasteiger charge is 2.39. The summed E-state index contributed by atoms with van der Waals surface area (Å²) < 4.78 is 1.98. The lowest BCUT2D eigenvalue weighted by molar-refractivity contribution is 0.102. The van der Waals surface area contributed by atoms with Crippen LogP contribution in [-0.2, 0) is 6.42 Å². The molecule has 2 atom stereocenters. The molecule has 1 aliphatic heterocycles. The molecule has 3 aromatic carbocycles. The van der Waals surface area contributed by atoms with Crippen molar-refractivity contribution in [2.24, 2.45) is 5.92 Å². The molecule has 2 aliphatic rings. The standard InChI is InChI=1S/C34H40N6O/c35-31-10-4-5-11-32(31)38-34(41)27-14-12-25(13-15-27)7-6-18-39-19-16-26(17-20-39)22-36-33-21-30(33)28-23-37-40(24-28)29-8-2-1-3-9-29/h1-5,8-15,23-24,26,30,33,36H,6-7,16-22,35H2,(H,38,41)/t30-,33+/m0/s1. The Labute approximate surface area is 242 Å². The number of hydrogen-bond acceptors (Lipinski definition) is 5. The van der Waals surface area contributed by atoms with Crippen LogP contribution in [0.4, 0.5) is 11.4 Å². The van der Waals surface area contributed by atoms with Gasteiger partial charge in [0.25, 0.3) is 5.91 Å². The first kappa shape index (κ1) is 27.2. The Hall–Kier alpha value is -3.94. The quantitative estimate of drug-likeness (QED) is 0.216. The predicted molar refractivity (Wildman–Crippen MR) is 165 cm³/mol. The van der Waals surface area contributed by atoms with Crippen molar-refractivity contribution in [3.63, 3.8) is 0 Å². The Kier molecular flexibility index (Phi) is 8.44. The van der Waals surface area contributed by atoms with E-state index in [2.05, 4.69) is 63.2 Å². The number of rotatable bonds is 11. The minimum Gasteiger partial charge on any atom is -0.397 e. The minimum atomic E-state index is -0.136. The molecule has 4 aromatic rings. The second kappa shape index (κ2) is 12.7. The van der Waals surface area contributed by atoms with Crippen LogP contribution in [0, 0.1) is 5.92 Å². The van der Waals surface area contributed by atoms with Gasteiger partial charge in [0.2, 0.25) is 0 Å². The van der Waals surface area contributed by atoms with Crippen LogP contribution in [0.1, 0.15) is 53.1 Å². The first-order valence-electron chi connectivity index (χ1n) is 14.9. The molecule has 0 bridgehead atoms. The Morgan fingerprint density at radius 3 is 2.49 bits per heavy atom. The molecule has 4 N–H and O–H groups in total. The summed E-state index contributed by atoms with van der Waals surface area (Å²) in [4.78, 5) is 15.2. The lowest BCUT2D eigenvalue weighted by Crippen LogP contribution is -2.38. The number of aromatic nitrogens is 2. The lowest BCUT2D eigenvalue weighted by Gasteiger charge is -2.32. The van der Waals surface area contributed by atoms with Gasteiger partial charge in [-0.05, 0) is 112 Å². The summed E-state index contributed by atoms with van der Waals surface area (Å²) in [5.74, 6) is 1.23. The van der Waals surface area contributed by atoms with Crippen molar-refractivity contribution in [1.82, 2.24) is 20.0 Å². The molecule has 1 aliphatic carbocycles. The van der Waals surface area contributed by atoms with E-state index in [0.717, 1.165) is 37.5 Å². The van der Waals surface area contributed by atoms with E-state index in [1.54, 1.807) is 6.07 Å². The van der Waals surface area contributed by atoms with Crippen LogP contribution in [0.25, 0.3) is 5.69 Å². The van der Waals surface area contributed by atoms with E-state index in [1.165, 1.54) is 43.5 Å². The molecule has 41 heavy (non-hydrogen) atoms. The maximum atomic E-state index is 12.6. The summed E-state index contributed by atoms with van der Waals surface area (Å²) in [6.07, 6.45) is 10.1. The van der Waals surface area contributed by atoms with Crippen LogP contribution in [0.2, 0.25) is 0 Å². The molecule has 212 valence electrons. The first-order chi connectivity index (χ1) is 20.1. The largest absolute Gasteiger partial charge is 0.397 e. The number of aryl methyl sites for hydroxylation is 1. The molecule has 7 heteroatoms. The van der Waals surface area contributed by atoms with Gasteiger partial charge in [0.05, 0.1) is 23.3 Å². The average Bonchev–Trinajstić information content (AvgIpc) is 3.62. The van der Waals surface area contributed by atoms with E-state index < -0.39 is 0 Å². The number of carbonyl (C=O) groups excluding carboxylic acids is 1. The molecule has 0 spiro atoms. The van der Waals surface area contributed by atoms with Gasteiger partial charge >= 0.3 is 0 Å². The fourth-order valence-electron chi connectivity index (χ4n) is 5.91. The summed E-state index contributed by atoms with van der Waals surface area (Å²) >= 11 is 0. The summed E-state index contributed by atoms with van der Waals surface area (Å²) in [6, 6.07) is 26.2. The lowest BCUT2D eigenvalue weighted by atomic mass is 9.96. The zero-order valence-corrected chi connectivity index (χ0v) is 23.6. The maximum absolute atomic E-state index is 12.6. The van der Waals surface area contributed by atoms with Crippen LogP contribution in [0.5, 0.6) is 0 Å². The highest BCUT2D eigenvalue weighted by Crippen LogP contribution is 2.41. The number of para-hydroxylation sites is 3. The zero-order valence-electron chi connectivity index (χ0n) is 23.6. The van der Waals surface area contributed by atoms with Crippen LogP contribution >= 0.6 is 0 Å². The van der Waals surface area contributed by atoms with Crippen molar-refractivity contribution in [1.29, 1.82) is 0 Å². The van der Waals surface area contributed by atoms with Gasteiger partial charge in [0.1, 0.15) is 0 Å². The topological polar surface area (TPSA) is 88.2 Å². The van der Waals surface area contributed by atoms with E-state index in [-0.39, 0.29) is 5.91 Å². The van der Waals surface area contributed by atoms with Crippen molar-refractivity contribution >= 4 is 17.3 Å². The molecule has 2 fully saturated rings. The Morgan fingerprint density at radius 2 is 1.71 bits per heavy atom. The normalized spacial score (nSPS) is 19.2. The molecule has 0 radical (unpaired) electrons. The van der Waals surface area contributed by atoms with Crippen molar-refractivity contribution in [2.45, 2.75) is 44.1 Å². The summed E-state index contributed by atoms with van der Waals surface area (Å²) in [5, 5.41) is 11.3. The van der Waals surface area contributed by atoms with E-state index in [4.69, 9.17) is 5.73 Å². The van der Waals surface area contributed by atoms with Crippen molar-refractivity contribution in [3.05, 3.63) is 108 Å². The number of anilines is 2. The van der Waals surface area contributed by atoms with Crippen LogP contribution < -0.4 is 16.4 Å². The predicted octanol–water partition coefficient (Wildman–Crippen LogP) is 5.50. The van der Waals surface area contributed by atoms with Gasteiger partial charge in [-0.15, -0.1) is 0 Å². The van der Waals surface area contributed by atoms with E-state index in [9.17, 15) is 4.79 Å². The number of nitrogens with one attached hydrogen (secondary N) is 2. The summed E-state index contributed by atoms with van der Waals surface area (Å²) in [5.41, 5.74) is 11.5. The highest BCUT2D eigenvalue weighted by molar-refractivity contribution is 6.05. The van der Waals surface area contributed by atoms with Crippen molar-refractivity contribution < 1.29 is 4.79 Å². The van der Waals surface area contributed by atoms with Crippen molar-refractivity contribution in [2.75, 3.05) is 37.2 Å². The number of nitrogen functional groups attached to an aromatic ring is 1. The van der Waals surface area contributed by atoms with Gasteiger partial charge in [0, 0.05) is 23.7 Å². The van der Waals surface area contributed by atoms with E-state index >= 15 is 0 Å². The molecule has 1 saturated heterocycles. The van der Waals surface area contributed by atoms with Crippen LogP contribution in [0.15, 0.2) is 91.3 Å². The highest BCUT2D eigenvalue weighted by atomic mass is 16.1. The number of benzene rings is 3. The number of nitrogens with two attached hydrogens (primary N) is 1. The second-order valence-corrected chi connectivity index (χ2v) is 11.5. The third-order valence-corrected chi connectivity index (χ3v) is 8.58. The maximum Gasteiger partial charge on any atom is 0.255 e.